The zero-order valence-corrected chi connectivity index (χ0v) is 8.92. The molecule has 0 fully saturated rings. The molecule has 1 aromatic carbocycles. The summed E-state index contributed by atoms with van der Waals surface area (Å²) in [5, 5.41) is 5.77. The number of carbonyl (C=O) groups excluding carboxylic acids is 1. The molecule has 0 spiro atoms. The Morgan fingerprint density at radius 1 is 1.20 bits per heavy atom. The molecule has 0 atom stereocenters. The van der Waals surface area contributed by atoms with E-state index in [1.807, 2.05) is 12.1 Å². The van der Waals surface area contributed by atoms with Crippen molar-refractivity contribution in [1.29, 1.82) is 0 Å². The third-order valence-electron chi connectivity index (χ3n) is 2.52. The van der Waals surface area contributed by atoms with Gasteiger partial charge in [-0.2, -0.15) is 0 Å². The molecule has 0 aliphatic carbocycles. The zero-order valence-electron chi connectivity index (χ0n) is 8.92. The summed E-state index contributed by atoms with van der Waals surface area (Å²) in [6.07, 6.45) is 0. The van der Waals surface area contributed by atoms with Crippen molar-refractivity contribution in [1.82, 2.24) is 0 Å². The predicted molar refractivity (Wildman–Crippen MR) is 61.9 cm³/mol. The molecular weight excluding hydrogens is 188 g/mol. The van der Waals surface area contributed by atoms with Gasteiger partial charge in [-0.1, -0.05) is 26.5 Å². The van der Waals surface area contributed by atoms with Gasteiger partial charge in [-0.3, -0.25) is 4.79 Å². The molecule has 1 aromatic rings. The first-order valence-electron chi connectivity index (χ1n) is 4.99. The van der Waals surface area contributed by atoms with Crippen molar-refractivity contribution < 1.29 is 4.79 Å². The summed E-state index contributed by atoms with van der Waals surface area (Å²) in [7, 11) is 0. The molecule has 1 amide bonds. The maximum absolute atomic E-state index is 11.4. The highest BCUT2D eigenvalue weighted by Gasteiger charge is 2.17. The molecule has 3 nitrogen and oxygen atoms in total. The number of fused-ring (bicyclic) bond motifs is 1. The lowest BCUT2D eigenvalue weighted by atomic mass is 10.0. The van der Waals surface area contributed by atoms with Crippen LogP contribution in [0.1, 0.15) is 25.3 Å². The fourth-order valence-corrected chi connectivity index (χ4v) is 1.55. The molecule has 1 heterocycles. The van der Waals surface area contributed by atoms with Crippen molar-refractivity contribution in [2.45, 2.75) is 19.8 Å². The van der Waals surface area contributed by atoms with E-state index in [1.54, 1.807) is 0 Å². The lowest BCUT2D eigenvalue weighted by Crippen LogP contribution is -2.24. The molecule has 1 aliphatic rings. The molecule has 0 bridgehead atoms. The van der Waals surface area contributed by atoms with Gasteiger partial charge in [0.2, 0.25) is 0 Å². The number of amides is 1. The van der Waals surface area contributed by atoms with Crippen LogP contribution in [0.3, 0.4) is 0 Å². The van der Waals surface area contributed by atoms with Gasteiger partial charge in [0.15, 0.2) is 0 Å². The standard InChI is InChI=1S/C12H14N2O/c1-7(2)9-4-5-10-11(6-9)14-12(15)8(3)13-10/h4-7,13H,3H2,1-2H3,(H,14,15). The first-order valence-corrected chi connectivity index (χ1v) is 4.99. The third kappa shape index (κ3) is 1.73. The van der Waals surface area contributed by atoms with Crippen molar-refractivity contribution in [3.63, 3.8) is 0 Å². The van der Waals surface area contributed by atoms with Gasteiger partial charge < -0.3 is 10.6 Å². The number of rotatable bonds is 1. The van der Waals surface area contributed by atoms with Crippen LogP contribution in [0, 0.1) is 0 Å². The highest BCUT2D eigenvalue weighted by atomic mass is 16.2. The van der Waals surface area contributed by atoms with Gasteiger partial charge in [-0.15, -0.1) is 0 Å². The Labute approximate surface area is 89.2 Å². The average molecular weight is 202 g/mol. The number of nitrogens with one attached hydrogen (secondary N) is 2. The summed E-state index contributed by atoms with van der Waals surface area (Å²) in [6.45, 7) is 7.88. The molecule has 15 heavy (non-hydrogen) atoms. The largest absolute Gasteiger partial charge is 0.350 e. The van der Waals surface area contributed by atoms with Gasteiger partial charge in [0, 0.05) is 0 Å². The molecule has 78 valence electrons. The van der Waals surface area contributed by atoms with Gasteiger partial charge in [-0.05, 0) is 23.6 Å². The van der Waals surface area contributed by atoms with Crippen molar-refractivity contribution in [3.8, 4) is 0 Å². The molecule has 3 heteroatoms. The molecule has 2 rings (SSSR count). The van der Waals surface area contributed by atoms with Gasteiger partial charge in [0.25, 0.3) is 5.91 Å². The Kier molecular flexibility index (Phi) is 2.23. The highest BCUT2D eigenvalue weighted by molar-refractivity contribution is 6.10. The summed E-state index contributed by atoms with van der Waals surface area (Å²) in [4.78, 5) is 11.4. The topological polar surface area (TPSA) is 41.1 Å². The van der Waals surface area contributed by atoms with Crippen molar-refractivity contribution in [2.24, 2.45) is 0 Å². The summed E-state index contributed by atoms with van der Waals surface area (Å²) >= 11 is 0. The lowest BCUT2D eigenvalue weighted by Gasteiger charge is -2.21. The minimum absolute atomic E-state index is 0.164. The Hall–Kier alpha value is -1.77. The Morgan fingerprint density at radius 3 is 2.60 bits per heavy atom. The van der Waals surface area contributed by atoms with Crippen LogP contribution >= 0.6 is 0 Å². The fourth-order valence-electron chi connectivity index (χ4n) is 1.55. The van der Waals surface area contributed by atoms with Crippen molar-refractivity contribution >= 4 is 17.3 Å². The van der Waals surface area contributed by atoms with Gasteiger partial charge in [-0.25, -0.2) is 0 Å². The van der Waals surface area contributed by atoms with E-state index in [4.69, 9.17) is 0 Å². The maximum Gasteiger partial charge on any atom is 0.271 e. The van der Waals surface area contributed by atoms with E-state index in [9.17, 15) is 4.79 Å². The number of hydrogen-bond donors (Lipinski definition) is 2. The van der Waals surface area contributed by atoms with Crippen LogP contribution in [-0.2, 0) is 4.79 Å². The van der Waals surface area contributed by atoms with E-state index in [1.165, 1.54) is 5.56 Å². The van der Waals surface area contributed by atoms with E-state index in [0.29, 0.717) is 11.6 Å². The van der Waals surface area contributed by atoms with E-state index in [2.05, 4.69) is 37.1 Å². The maximum atomic E-state index is 11.4. The summed E-state index contributed by atoms with van der Waals surface area (Å²) < 4.78 is 0. The number of hydrogen-bond acceptors (Lipinski definition) is 2. The van der Waals surface area contributed by atoms with Crippen LogP contribution in [0.15, 0.2) is 30.5 Å². The molecule has 0 aromatic heterocycles. The summed E-state index contributed by atoms with van der Waals surface area (Å²) in [5.74, 6) is 0.292. The first kappa shape index (κ1) is 9.77. The Morgan fingerprint density at radius 2 is 1.93 bits per heavy atom. The van der Waals surface area contributed by atoms with Crippen LogP contribution in [0.25, 0.3) is 0 Å². The highest BCUT2D eigenvalue weighted by Crippen LogP contribution is 2.30. The second-order valence-electron chi connectivity index (χ2n) is 4.02. The molecule has 0 saturated carbocycles. The van der Waals surface area contributed by atoms with Gasteiger partial charge in [0.1, 0.15) is 0 Å². The van der Waals surface area contributed by atoms with Gasteiger partial charge >= 0.3 is 0 Å². The van der Waals surface area contributed by atoms with Crippen LogP contribution in [0.2, 0.25) is 0 Å². The van der Waals surface area contributed by atoms with Crippen LogP contribution in [0.5, 0.6) is 0 Å². The second kappa shape index (κ2) is 3.42. The molecule has 0 unspecified atom stereocenters. The predicted octanol–water partition coefficient (Wildman–Crippen LogP) is 2.69. The zero-order chi connectivity index (χ0) is 11.0. The van der Waals surface area contributed by atoms with E-state index in [0.717, 1.165) is 11.4 Å². The third-order valence-corrected chi connectivity index (χ3v) is 2.52. The fraction of sp³-hybridized carbons (Fsp3) is 0.250. The first-order chi connectivity index (χ1) is 7.08. The minimum atomic E-state index is -0.164. The normalized spacial score (nSPS) is 14.6. The molecule has 2 N–H and O–H groups in total. The van der Waals surface area contributed by atoms with Crippen LogP contribution in [0.4, 0.5) is 11.4 Å². The Bertz CT molecular complexity index is 435. The monoisotopic (exact) mass is 202 g/mol. The van der Waals surface area contributed by atoms with Gasteiger partial charge in [0.05, 0.1) is 17.1 Å². The van der Waals surface area contributed by atoms with Crippen molar-refractivity contribution in [2.75, 3.05) is 10.6 Å². The SMILES string of the molecule is C=C1Nc2ccc(C(C)C)cc2NC1=O. The van der Waals surface area contributed by atoms with E-state index in [-0.39, 0.29) is 5.91 Å². The van der Waals surface area contributed by atoms with Crippen LogP contribution in [-0.4, -0.2) is 5.91 Å². The smallest absolute Gasteiger partial charge is 0.271 e. The number of benzene rings is 1. The molecular formula is C12H14N2O. The minimum Gasteiger partial charge on any atom is -0.350 e. The average Bonchev–Trinajstić information content (AvgIpc) is 2.19. The van der Waals surface area contributed by atoms with E-state index < -0.39 is 0 Å². The summed E-state index contributed by atoms with van der Waals surface area (Å²) in [5.41, 5.74) is 3.34. The summed E-state index contributed by atoms with van der Waals surface area (Å²) in [6, 6.07) is 6.02. The second-order valence-corrected chi connectivity index (χ2v) is 4.02. The quantitative estimate of drug-likeness (QED) is 0.687. The van der Waals surface area contributed by atoms with E-state index >= 15 is 0 Å². The van der Waals surface area contributed by atoms with Crippen LogP contribution < -0.4 is 10.6 Å². The molecule has 0 saturated heterocycles. The number of carbonyl (C=O) groups is 1. The van der Waals surface area contributed by atoms with Crippen molar-refractivity contribution in [3.05, 3.63) is 36.0 Å². The molecule has 0 radical (unpaired) electrons. The number of anilines is 2. The molecule has 1 aliphatic heterocycles. The lowest BCUT2D eigenvalue weighted by molar-refractivity contribution is -0.112. The Balaban J connectivity index is 2.41.